The summed E-state index contributed by atoms with van der Waals surface area (Å²) in [7, 11) is 0. The van der Waals surface area contributed by atoms with E-state index in [4.69, 9.17) is 14.9 Å². The van der Waals surface area contributed by atoms with Crippen LogP contribution in [0, 0.1) is 6.92 Å². The van der Waals surface area contributed by atoms with Gasteiger partial charge in [0.25, 0.3) is 0 Å². The van der Waals surface area contributed by atoms with Crippen molar-refractivity contribution < 1.29 is 13.9 Å². The highest BCUT2D eigenvalue weighted by Crippen LogP contribution is 2.30. The lowest BCUT2D eigenvalue weighted by atomic mass is 10.2. The van der Waals surface area contributed by atoms with Gasteiger partial charge in [-0.3, -0.25) is 4.57 Å². The molecule has 10 heteroatoms. The molecular formula is C19H18N6O3S. The van der Waals surface area contributed by atoms with Gasteiger partial charge in [-0.1, -0.05) is 30.0 Å². The summed E-state index contributed by atoms with van der Waals surface area (Å²) in [5.74, 6) is 0.937. The number of carbonyl (C=O) groups excluding carboxylic acids is 1. The summed E-state index contributed by atoms with van der Waals surface area (Å²) in [6.45, 7) is 3.66. The van der Waals surface area contributed by atoms with Crippen LogP contribution < -0.4 is 5.73 Å². The minimum absolute atomic E-state index is 0.176. The summed E-state index contributed by atoms with van der Waals surface area (Å²) in [5, 5.41) is 9.22. The molecule has 4 rings (SSSR count). The largest absolute Gasteiger partial charge is 0.462 e. The van der Waals surface area contributed by atoms with E-state index in [1.807, 2.05) is 34.9 Å². The number of nitrogens with two attached hydrogens (primary N) is 1. The van der Waals surface area contributed by atoms with E-state index in [-0.39, 0.29) is 23.7 Å². The molecule has 0 aliphatic rings. The summed E-state index contributed by atoms with van der Waals surface area (Å²) >= 11 is 1.42. The lowest BCUT2D eigenvalue weighted by Crippen LogP contribution is -2.07. The number of nitrogens with zero attached hydrogens (tertiary/aromatic N) is 5. The molecule has 0 fully saturated rings. The maximum Gasteiger partial charge on any atom is 0.342 e. The van der Waals surface area contributed by atoms with Crippen LogP contribution in [0.1, 0.15) is 28.9 Å². The van der Waals surface area contributed by atoms with Crippen molar-refractivity contribution in [3.05, 3.63) is 53.8 Å². The summed E-state index contributed by atoms with van der Waals surface area (Å²) in [5.41, 5.74) is 7.60. The van der Waals surface area contributed by atoms with Gasteiger partial charge in [0, 0.05) is 5.69 Å². The number of aryl methyl sites for hydroxylation is 1. The predicted octanol–water partition coefficient (Wildman–Crippen LogP) is 3.16. The van der Waals surface area contributed by atoms with E-state index in [1.165, 1.54) is 11.8 Å². The van der Waals surface area contributed by atoms with E-state index in [0.717, 1.165) is 5.69 Å². The van der Waals surface area contributed by atoms with Crippen LogP contribution in [0.3, 0.4) is 0 Å². The lowest BCUT2D eigenvalue weighted by Gasteiger charge is -2.06. The standard InChI is InChI=1S/C19H18N6O3S/c1-3-27-18(26)14-11(2)28-17-15(14)16(20)22-13(23-17)9-29-19-24-21-10-25(19)12-7-5-4-6-8-12/h4-8,10H,3,9H2,1-2H3,(H2,20,22,23). The molecule has 0 unspecified atom stereocenters. The molecule has 0 saturated heterocycles. The van der Waals surface area contributed by atoms with Crippen molar-refractivity contribution in [3.63, 3.8) is 0 Å². The van der Waals surface area contributed by atoms with Crippen molar-refractivity contribution in [1.29, 1.82) is 0 Å². The predicted molar refractivity (Wildman–Crippen MR) is 108 cm³/mol. The lowest BCUT2D eigenvalue weighted by molar-refractivity contribution is 0.0526. The van der Waals surface area contributed by atoms with Crippen molar-refractivity contribution in [2.24, 2.45) is 0 Å². The molecule has 0 atom stereocenters. The van der Waals surface area contributed by atoms with Crippen molar-refractivity contribution >= 4 is 34.6 Å². The quantitative estimate of drug-likeness (QED) is 0.377. The van der Waals surface area contributed by atoms with Gasteiger partial charge in [-0.25, -0.2) is 9.78 Å². The van der Waals surface area contributed by atoms with Gasteiger partial charge in [0.1, 0.15) is 29.3 Å². The van der Waals surface area contributed by atoms with Gasteiger partial charge in [-0.2, -0.15) is 4.98 Å². The van der Waals surface area contributed by atoms with Crippen LogP contribution in [-0.2, 0) is 10.5 Å². The number of aromatic nitrogens is 5. The van der Waals surface area contributed by atoms with Gasteiger partial charge in [0.15, 0.2) is 5.16 Å². The summed E-state index contributed by atoms with van der Waals surface area (Å²) in [4.78, 5) is 21.0. The first-order valence-corrected chi connectivity index (χ1v) is 9.88. The van der Waals surface area contributed by atoms with Crippen LogP contribution >= 0.6 is 11.8 Å². The molecule has 0 aliphatic heterocycles. The highest BCUT2D eigenvalue weighted by atomic mass is 32.2. The van der Waals surface area contributed by atoms with E-state index in [1.54, 1.807) is 20.2 Å². The molecular weight excluding hydrogens is 392 g/mol. The van der Waals surface area contributed by atoms with Gasteiger partial charge in [-0.05, 0) is 26.0 Å². The molecule has 0 aliphatic carbocycles. The first kappa shape index (κ1) is 18.9. The molecule has 0 saturated carbocycles. The Hall–Kier alpha value is -3.40. The summed E-state index contributed by atoms with van der Waals surface area (Å²) in [6, 6.07) is 9.78. The van der Waals surface area contributed by atoms with Gasteiger partial charge in [0.2, 0.25) is 5.71 Å². The van der Waals surface area contributed by atoms with Gasteiger partial charge in [0.05, 0.1) is 17.7 Å². The average molecular weight is 410 g/mol. The third-order valence-corrected chi connectivity index (χ3v) is 5.10. The van der Waals surface area contributed by atoms with Crippen molar-refractivity contribution in [3.8, 4) is 5.69 Å². The number of thioether (sulfide) groups is 1. The van der Waals surface area contributed by atoms with Gasteiger partial charge >= 0.3 is 5.97 Å². The van der Waals surface area contributed by atoms with Crippen LogP contribution in [0.15, 0.2) is 46.2 Å². The Bertz CT molecular complexity index is 1170. The first-order chi connectivity index (χ1) is 14.1. The number of para-hydroxylation sites is 1. The topological polar surface area (TPSA) is 122 Å². The Labute approximate surface area is 170 Å². The Morgan fingerprint density at radius 2 is 2.07 bits per heavy atom. The molecule has 0 spiro atoms. The minimum atomic E-state index is -0.503. The maximum atomic E-state index is 12.2. The normalized spacial score (nSPS) is 11.1. The number of furan rings is 1. The second-order valence-corrected chi connectivity index (χ2v) is 7.01. The average Bonchev–Trinajstić information content (AvgIpc) is 3.31. The number of nitrogen functional groups attached to an aromatic ring is 1. The molecule has 2 N–H and O–H groups in total. The first-order valence-electron chi connectivity index (χ1n) is 8.89. The maximum absolute atomic E-state index is 12.2. The molecule has 148 valence electrons. The van der Waals surface area contributed by atoms with Crippen molar-refractivity contribution in [2.75, 3.05) is 12.3 Å². The Morgan fingerprint density at radius 3 is 2.83 bits per heavy atom. The fourth-order valence-electron chi connectivity index (χ4n) is 2.91. The number of hydrogen-bond donors (Lipinski definition) is 1. The molecule has 0 amide bonds. The Balaban J connectivity index is 1.61. The monoisotopic (exact) mass is 410 g/mol. The second-order valence-electron chi connectivity index (χ2n) is 6.07. The number of anilines is 1. The number of benzene rings is 1. The SMILES string of the molecule is CCOC(=O)c1c(C)oc2nc(CSc3nncn3-c3ccccc3)nc(N)c12. The number of fused-ring (bicyclic) bond motifs is 1. The molecule has 3 aromatic heterocycles. The highest BCUT2D eigenvalue weighted by Gasteiger charge is 2.24. The van der Waals surface area contributed by atoms with Crippen LogP contribution in [0.2, 0.25) is 0 Å². The van der Waals surface area contributed by atoms with Crippen LogP contribution in [0.25, 0.3) is 16.8 Å². The minimum Gasteiger partial charge on any atom is -0.462 e. The molecule has 9 nitrogen and oxygen atoms in total. The zero-order valence-electron chi connectivity index (χ0n) is 15.8. The van der Waals surface area contributed by atoms with E-state index in [2.05, 4.69) is 20.2 Å². The Kier molecular flexibility index (Phi) is 5.17. The van der Waals surface area contributed by atoms with E-state index in [9.17, 15) is 4.79 Å². The molecule has 29 heavy (non-hydrogen) atoms. The zero-order chi connectivity index (χ0) is 20.4. The number of carbonyl (C=O) groups is 1. The van der Waals surface area contributed by atoms with Crippen molar-refractivity contribution in [2.45, 2.75) is 24.8 Å². The van der Waals surface area contributed by atoms with Crippen LogP contribution in [-0.4, -0.2) is 37.3 Å². The molecule has 0 radical (unpaired) electrons. The molecule has 3 heterocycles. The highest BCUT2D eigenvalue weighted by molar-refractivity contribution is 7.98. The van der Waals surface area contributed by atoms with Crippen molar-refractivity contribution in [1.82, 2.24) is 24.7 Å². The van der Waals surface area contributed by atoms with Gasteiger partial charge in [-0.15, -0.1) is 10.2 Å². The number of hydrogen-bond acceptors (Lipinski definition) is 9. The van der Waals surface area contributed by atoms with Gasteiger partial charge < -0.3 is 14.9 Å². The third-order valence-electron chi connectivity index (χ3n) is 4.16. The zero-order valence-corrected chi connectivity index (χ0v) is 16.6. The summed E-state index contributed by atoms with van der Waals surface area (Å²) < 4.78 is 12.6. The third kappa shape index (κ3) is 3.66. The second kappa shape index (κ2) is 7.92. The number of rotatable bonds is 6. The summed E-state index contributed by atoms with van der Waals surface area (Å²) in [6.07, 6.45) is 1.65. The smallest absolute Gasteiger partial charge is 0.342 e. The Morgan fingerprint density at radius 1 is 1.28 bits per heavy atom. The van der Waals surface area contributed by atoms with Crippen LogP contribution in [0.4, 0.5) is 5.82 Å². The van der Waals surface area contributed by atoms with E-state index >= 15 is 0 Å². The number of esters is 1. The van der Waals surface area contributed by atoms with E-state index in [0.29, 0.717) is 27.9 Å². The molecule has 0 bridgehead atoms. The fourth-order valence-corrected chi connectivity index (χ4v) is 3.70. The van der Waals surface area contributed by atoms with E-state index < -0.39 is 5.97 Å². The number of ether oxygens (including phenoxy) is 1. The van der Waals surface area contributed by atoms with Crippen LogP contribution in [0.5, 0.6) is 0 Å². The molecule has 1 aromatic carbocycles. The fraction of sp³-hybridized carbons (Fsp3) is 0.211. The molecule has 4 aromatic rings.